The summed E-state index contributed by atoms with van der Waals surface area (Å²) in [7, 11) is 0. The largest absolute Gasteiger partial charge is 0.397 e. The zero-order valence-corrected chi connectivity index (χ0v) is 9.16. The summed E-state index contributed by atoms with van der Waals surface area (Å²) in [6.45, 7) is 1.93. The number of aromatic nitrogens is 1. The summed E-state index contributed by atoms with van der Waals surface area (Å²) >= 11 is 1.56. The van der Waals surface area contributed by atoms with Crippen molar-refractivity contribution in [3.63, 3.8) is 0 Å². The van der Waals surface area contributed by atoms with Crippen molar-refractivity contribution in [2.24, 2.45) is 4.99 Å². The van der Waals surface area contributed by atoms with Crippen LogP contribution >= 0.6 is 11.3 Å². The van der Waals surface area contributed by atoms with Crippen molar-refractivity contribution in [1.82, 2.24) is 4.98 Å². The molecule has 1 aromatic carbocycles. The minimum absolute atomic E-state index is 0.687. The maximum atomic E-state index is 5.80. The van der Waals surface area contributed by atoms with Gasteiger partial charge >= 0.3 is 0 Å². The Labute approximate surface area is 92.3 Å². The van der Waals surface area contributed by atoms with E-state index >= 15 is 0 Å². The lowest BCUT2D eigenvalue weighted by molar-refractivity contribution is 1.35. The van der Waals surface area contributed by atoms with Crippen LogP contribution in [0.15, 0.2) is 40.1 Å². The van der Waals surface area contributed by atoms with Gasteiger partial charge in [-0.2, -0.15) is 0 Å². The standard InChI is InChI=1S/C11H11N3S/c1-8(11-6-15-7-13-11)14-10-5-3-2-4-9(10)12/h2-7H,12H2,1H3/b14-8+. The smallest absolute Gasteiger partial charge is 0.0950 e. The molecule has 4 heteroatoms. The van der Waals surface area contributed by atoms with E-state index in [1.165, 1.54) is 0 Å². The Bertz CT molecular complexity index is 474. The highest BCUT2D eigenvalue weighted by molar-refractivity contribution is 7.07. The third kappa shape index (κ3) is 2.22. The zero-order valence-electron chi connectivity index (χ0n) is 8.34. The fourth-order valence-corrected chi connectivity index (χ4v) is 1.81. The maximum absolute atomic E-state index is 5.80. The zero-order chi connectivity index (χ0) is 10.7. The maximum Gasteiger partial charge on any atom is 0.0950 e. The highest BCUT2D eigenvalue weighted by Crippen LogP contribution is 2.21. The molecule has 0 aliphatic rings. The van der Waals surface area contributed by atoms with Gasteiger partial charge in [0.05, 0.1) is 28.3 Å². The molecule has 3 nitrogen and oxygen atoms in total. The Morgan fingerprint density at radius 1 is 1.40 bits per heavy atom. The molecule has 0 unspecified atom stereocenters. The minimum atomic E-state index is 0.687. The second-order valence-electron chi connectivity index (χ2n) is 3.13. The molecule has 0 spiro atoms. The van der Waals surface area contributed by atoms with Gasteiger partial charge in [-0.15, -0.1) is 11.3 Å². The topological polar surface area (TPSA) is 51.3 Å². The Morgan fingerprint density at radius 2 is 2.20 bits per heavy atom. The molecule has 76 valence electrons. The molecule has 0 fully saturated rings. The molecule has 0 atom stereocenters. The Hall–Kier alpha value is -1.68. The average Bonchev–Trinajstić information content (AvgIpc) is 2.74. The first kappa shape index (κ1) is 9.86. The second-order valence-corrected chi connectivity index (χ2v) is 3.85. The average molecular weight is 217 g/mol. The highest BCUT2D eigenvalue weighted by atomic mass is 32.1. The number of hydrogen-bond donors (Lipinski definition) is 1. The number of thiazole rings is 1. The van der Waals surface area contributed by atoms with Gasteiger partial charge in [0.25, 0.3) is 0 Å². The van der Waals surface area contributed by atoms with Crippen molar-refractivity contribution in [3.8, 4) is 0 Å². The van der Waals surface area contributed by atoms with E-state index in [1.807, 2.05) is 36.6 Å². The number of para-hydroxylation sites is 2. The lowest BCUT2D eigenvalue weighted by Gasteiger charge is -2.00. The van der Waals surface area contributed by atoms with Crippen molar-refractivity contribution in [1.29, 1.82) is 0 Å². The quantitative estimate of drug-likeness (QED) is 0.621. The number of anilines is 1. The van der Waals surface area contributed by atoms with Crippen LogP contribution in [0.5, 0.6) is 0 Å². The van der Waals surface area contributed by atoms with E-state index < -0.39 is 0 Å². The molecule has 0 aliphatic carbocycles. The minimum Gasteiger partial charge on any atom is -0.397 e. The van der Waals surface area contributed by atoms with E-state index in [0.717, 1.165) is 17.1 Å². The van der Waals surface area contributed by atoms with Crippen LogP contribution in [-0.2, 0) is 0 Å². The van der Waals surface area contributed by atoms with Crippen molar-refractivity contribution >= 4 is 28.4 Å². The van der Waals surface area contributed by atoms with E-state index in [9.17, 15) is 0 Å². The number of benzene rings is 1. The Balaban J connectivity index is 2.35. The third-order valence-corrected chi connectivity index (χ3v) is 2.61. The first-order valence-electron chi connectivity index (χ1n) is 4.56. The molecule has 2 aromatic rings. The normalized spacial score (nSPS) is 11.7. The summed E-state index contributed by atoms with van der Waals surface area (Å²) in [5.74, 6) is 0. The van der Waals surface area contributed by atoms with Gasteiger partial charge in [-0.3, -0.25) is 0 Å². The van der Waals surface area contributed by atoms with Crippen LogP contribution in [0.4, 0.5) is 11.4 Å². The van der Waals surface area contributed by atoms with E-state index in [1.54, 1.807) is 16.8 Å². The SMILES string of the molecule is C/C(=N\c1ccccc1N)c1cscn1. The predicted octanol–water partition coefficient (Wildman–Crippen LogP) is 2.87. The molecule has 0 aliphatic heterocycles. The summed E-state index contributed by atoms with van der Waals surface area (Å²) in [6.07, 6.45) is 0. The number of aliphatic imine (C=N–C) groups is 1. The van der Waals surface area contributed by atoms with Crippen LogP contribution in [0.3, 0.4) is 0 Å². The molecule has 1 heterocycles. The molecular formula is C11H11N3S. The molecule has 15 heavy (non-hydrogen) atoms. The Kier molecular flexibility index (Phi) is 2.78. The molecule has 2 rings (SSSR count). The molecule has 0 saturated carbocycles. The van der Waals surface area contributed by atoms with Gasteiger partial charge in [0, 0.05) is 5.38 Å². The number of hydrogen-bond acceptors (Lipinski definition) is 4. The van der Waals surface area contributed by atoms with Crippen molar-refractivity contribution in [2.75, 3.05) is 5.73 Å². The number of nitrogens with two attached hydrogens (primary N) is 1. The van der Waals surface area contributed by atoms with Gasteiger partial charge in [-0.05, 0) is 19.1 Å². The summed E-state index contributed by atoms with van der Waals surface area (Å²) in [4.78, 5) is 8.63. The lowest BCUT2D eigenvalue weighted by Crippen LogP contribution is -1.94. The monoisotopic (exact) mass is 217 g/mol. The molecule has 0 radical (unpaired) electrons. The molecule has 2 N–H and O–H groups in total. The fourth-order valence-electron chi connectivity index (χ4n) is 1.22. The van der Waals surface area contributed by atoms with Crippen molar-refractivity contribution in [2.45, 2.75) is 6.92 Å². The van der Waals surface area contributed by atoms with Gasteiger partial charge in [-0.1, -0.05) is 12.1 Å². The molecule has 1 aromatic heterocycles. The van der Waals surface area contributed by atoms with Crippen LogP contribution < -0.4 is 5.73 Å². The van der Waals surface area contributed by atoms with Crippen LogP contribution in [0.2, 0.25) is 0 Å². The van der Waals surface area contributed by atoms with Gasteiger partial charge in [0.1, 0.15) is 0 Å². The van der Waals surface area contributed by atoms with E-state index in [0.29, 0.717) is 5.69 Å². The lowest BCUT2D eigenvalue weighted by atomic mass is 10.2. The highest BCUT2D eigenvalue weighted by Gasteiger charge is 2.00. The van der Waals surface area contributed by atoms with Crippen LogP contribution in [0.1, 0.15) is 12.6 Å². The fraction of sp³-hybridized carbons (Fsp3) is 0.0909. The van der Waals surface area contributed by atoms with Gasteiger partial charge in [-0.25, -0.2) is 9.98 Å². The molecule has 0 saturated heterocycles. The molecule has 0 bridgehead atoms. The Morgan fingerprint density at radius 3 is 2.87 bits per heavy atom. The van der Waals surface area contributed by atoms with E-state index in [4.69, 9.17) is 5.73 Å². The first-order chi connectivity index (χ1) is 7.27. The van der Waals surface area contributed by atoms with E-state index in [-0.39, 0.29) is 0 Å². The van der Waals surface area contributed by atoms with Gasteiger partial charge in [0.15, 0.2) is 0 Å². The summed E-state index contributed by atoms with van der Waals surface area (Å²) < 4.78 is 0. The van der Waals surface area contributed by atoms with Crippen molar-refractivity contribution in [3.05, 3.63) is 40.8 Å². The number of rotatable bonds is 2. The summed E-state index contributed by atoms with van der Waals surface area (Å²) in [5, 5.41) is 1.97. The molecular weight excluding hydrogens is 206 g/mol. The first-order valence-corrected chi connectivity index (χ1v) is 5.50. The number of nitrogens with zero attached hydrogens (tertiary/aromatic N) is 2. The molecule has 0 amide bonds. The van der Waals surface area contributed by atoms with Crippen LogP contribution in [0.25, 0.3) is 0 Å². The van der Waals surface area contributed by atoms with Gasteiger partial charge in [0.2, 0.25) is 0 Å². The summed E-state index contributed by atoms with van der Waals surface area (Å²) in [5.41, 5.74) is 10.9. The van der Waals surface area contributed by atoms with Crippen LogP contribution in [-0.4, -0.2) is 10.7 Å². The summed E-state index contributed by atoms with van der Waals surface area (Å²) in [6, 6.07) is 7.55. The van der Waals surface area contributed by atoms with Gasteiger partial charge < -0.3 is 5.73 Å². The van der Waals surface area contributed by atoms with Crippen LogP contribution in [0, 0.1) is 0 Å². The number of nitrogen functional groups attached to an aromatic ring is 1. The van der Waals surface area contributed by atoms with Crippen molar-refractivity contribution < 1.29 is 0 Å². The van der Waals surface area contributed by atoms with E-state index in [2.05, 4.69) is 9.98 Å². The predicted molar refractivity (Wildman–Crippen MR) is 64.8 cm³/mol. The third-order valence-electron chi connectivity index (χ3n) is 2.03. The second kappa shape index (κ2) is 4.23.